The zero-order valence-electron chi connectivity index (χ0n) is 15.7. The van der Waals surface area contributed by atoms with Crippen molar-refractivity contribution in [3.8, 4) is 10.6 Å². The number of likely N-dealkylation sites (tertiary alicyclic amines) is 1. The van der Waals surface area contributed by atoms with Crippen LogP contribution in [-0.4, -0.2) is 40.6 Å². The Morgan fingerprint density at radius 3 is 3.00 bits per heavy atom. The molecule has 1 aliphatic heterocycles. The lowest BCUT2D eigenvalue weighted by molar-refractivity contribution is 0.0942. The average Bonchev–Trinajstić information content (AvgIpc) is 3.42. The highest BCUT2D eigenvalue weighted by Gasteiger charge is 2.24. The SMILES string of the molecule is Cc1ccc(-c2cc(C(=O)NCC3CCN(Cc4ccccc4F)C3)n[nH]2)s1. The summed E-state index contributed by atoms with van der Waals surface area (Å²) in [6.07, 6.45) is 0.995. The molecule has 5 nitrogen and oxygen atoms in total. The molecule has 2 aromatic heterocycles. The summed E-state index contributed by atoms with van der Waals surface area (Å²) in [5, 5.41) is 10.1. The number of aryl methyl sites for hydroxylation is 1. The van der Waals surface area contributed by atoms with Gasteiger partial charge in [-0.3, -0.25) is 14.8 Å². The van der Waals surface area contributed by atoms with Crippen molar-refractivity contribution in [1.29, 1.82) is 0 Å². The lowest BCUT2D eigenvalue weighted by atomic mass is 10.1. The largest absolute Gasteiger partial charge is 0.350 e. The molecule has 7 heteroatoms. The van der Waals surface area contributed by atoms with Crippen LogP contribution in [-0.2, 0) is 6.54 Å². The molecule has 0 saturated carbocycles. The van der Waals surface area contributed by atoms with E-state index in [0.29, 0.717) is 24.7 Å². The van der Waals surface area contributed by atoms with Crippen LogP contribution >= 0.6 is 11.3 Å². The molecular weight excluding hydrogens is 375 g/mol. The lowest BCUT2D eigenvalue weighted by Gasteiger charge is -2.16. The van der Waals surface area contributed by atoms with Crippen LogP contribution in [0.2, 0.25) is 0 Å². The van der Waals surface area contributed by atoms with Gasteiger partial charge in [0.15, 0.2) is 5.69 Å². The van der Waals surface area contributed by atoms with Gasteiger partial charge in [0, 0.05) is 30.1 Å². The topological polar surface area (TPSA) is 61.0 Å². The van der Waals surface area contributed by atoms with E-state index in [1.54, 1.807) is 23.5 Å². The Balaban J connectivity index is 1.27. The number of nitrogens with zero attached hydrogens (tertiary/aromatic N) is 2. The smallest absolute Gasteiger partial charge is 0.271 e. The number of amides is 1. The first-order valence-electron chi connectivity index (χ1n) is 9.44. The van der Waals surface area contributed by atoms with Crippen molar-refractivity contribution in [3.05, 3.63) is 64.4 Å². The van der Waals surface area contributed by atoms with Crippen molar-refractivity contribution < 1.29 is 9.18 Å². The molecule has 3 aromatic rings. The summed E-state index contributed by atoms with van der Waals surface area (Å²) in [6, 6.07) is 12.8. The third kappa shape index (κ3) is 4.31. The molecule has 4 rings (SSSR count). The molecule has 1 aliphatic rings. The number of hydrogen-bond donors (Lipinski definition) is 2. The Kier molecular flexibility index (Phi) is 5.54. The number of nitrogens with one attached hydrogen (secondary N) is 2. The van der Waals surface area contributed by atoms with E-state index in [9.17, 15) is 9.18 Å². The molecule has 28 heavy (non-hydrogen) atoms. The summed E-state index contributed by atoms with van der Waals surface area (Å²) in [5.74, 6) is 0.0481. The van der Waals surface area contributed by atoms with Crippen LogP contribution in [0.15, 0.2) is 42.5 Å². The van der Waals surface area contributed by atoms with E-state index in [0.717, 1.165) is 35.6 Å². The summed E-state index contributed by atoms with van der Waals surface area (Å²) in [4.78, 5) is 16.9. The van der Waals surface area contributed by atoms with Gasteiger partial charge in [0.1, 0.15) is 5.82 Å². The van der Waals surface area contributed by atoms with Crippen molar-refractivity contribution in [2.75, 3.05) is 19.6 Å². The van der Waals surface area contributed by atoms with Crippen molar-refractivity contribution in [2.45, 2.75) is 19.9 Å². The number of rotatable bonds is 6. The third-order valence-electron chi connectivity index (χ3n) is 5.09. The zero-order chi connectivity index (χ0) is 19.5. The summed E-state index contributed by atoms with van der Waals surface area (Å²) in [5.41, 5.74) is 1.99. The Morgan fingerprint density at radius 2 is 2.21 bits per heavy atom. The van der Waals surface area contributed by atoms with E-state index in [4.69, 9.17) is 0 Å². The first-order chi connectivity index (χ1) is 13.6. The number of carbonyl (C=O) groups is 1. The number of H-pyrrole nitrogens is 1. The van der Waals surface area contributed by atoms with Crippen LogP contribution in [0.5, 0.6) is 0 Å². The molecule has 1 saturated heterocycles. The maximum absolute atomic E-state index is 13.8. The molecule has 3 heterocycles. The molecule has 0 spiro atoms. The predicted molar refractivity (Wildman–Crippen MR) is 109 cm³/mol. The Labute approximate surface area is 167 Å². The fraction of sp³-hybridized carbons (Fsp3) is 0.333. The molecule has 1 fully saturated rings. The van der Waals surface area contributed by atoms with Gasteiger partial charge in [-0.05, 0) is 50.1 Å². The number of hydrogen-bond acceptors (Lipinski definition) is 4. The summed E-state index contributed by atoms with van der Waals surface area (Å²) >= 11 is 1.67. The van der Waals surface area contributed by atoms with Crippen molar-refractivity contribution in [1.82, 2.24) is 20.4 Å². The standard InChI is InChI=1S/C21H23FN4OS/c1-14-6-7-20(28-14)18-10-19(25-24-18)21(27)23-11-15-8-9-26(12-15)13-16-4-2-3-5-17(16)22/h2-7,10,15H,8-9,11-13H2,1H3,(H,23,27)(H,24,25). The van der Waals surface area contributed by atoms with E-state index in [2.05, 4.69) is 27.3 Å². The first-order valence-corrected chi connectivity index (χ1v) is 10.3. The molecule has 1 atom stereocenters. The van der Waals surface area contributed by atoms with Crippen LogP contribution in [0, 0.1) is 18.7 Å². The van der Waals surface area contributed by atoms with E-state index in [1.807, 2.05) is 24.3 Å². The van der Waals surface area contributed by atoms with E-state index < -0.39 is 0 Å². The van der Waals surface area contributed by atoms with Crippen LogP contribution in [0.1, 0.15) is 27.3 Å². The minimum atomic E-state index is -0.164. The monoisotopic (exact) mass is 398 g/mol. The second kappa shape index (κ2) is 8.24. The first kappa shape index (κ1) is 18.8. The van der Waals surface area contributed by atoms with Crippen molar-refractivity contribution in [3.63, 3.8) is 0 Å². The van der Waals surface area contributed by atoms with Crippen LogP contribution in [0.3, 0.4) is 0 Å². The van der Waals surface area contributed by atoms with Crippen molar-refractivity contribution >= 4 is 17.2 Å². The maximum atomic E-state index is 13.8. The number of aromatic amines is 1. The van der Waals surface area contributed by atoms with E-state index in [-0.39, 0.29) is 11.7 Å². The molecule has 1 unspecified atom stereocenters. The number of aromatic nitrogens is 2. The lowest BCUT2D eigenvalue weighted by Crippen LogP contribution is -2.31. The van der Waals surface area contributed by atoms with Crippen molar-refractivity contribution in [2.24, 2.45) is 5.92 Å². The third-order valence-corrected chi connectivity index (χ3v) is 6.12. The Bertz CT molecular complexity index is 967. The molecule has 0 bridgehead atoms. The second-order valence-electron chi connectivity index (χ2n) is 7.27. The summed E-state index contributed by atoms with van der Waals surface area (Å²) in [6.45, 7) is 5.04. The quantitative estimate of drug-likeness (QED) is 0.663. The predicted octanol–water partition coefficient (Wildman–Crippen LogP) is 3.84. The molecule has 0 radical (unpaired) electrons. The number of thiophene rings is 1. The van der Waals surface area contributed by atoms with Crippen LogP contribution in [0.4, 0.5) is 4.39 Å². The fourth-order valence-electron chi connectivity index (χ4n) is 3.56. The van der Waals surface area contributed by atoms with Gasteiger partial charge < -0.3 is 5.32 Å². The van der Waals surface area contributed by atoms with Gasteiger partial charge in [-0.15, -0.1) is 11.3 Å². The highest BCUT2D eigenvalue weighted by molar-refractivity contribution is 7.15. The highest BCUT2D eigenvalue weighted by Crippen LogP contribution is 2.26. The fourth-order valence-corrected chi connectivity index (χ4v) is 4.40. The molecule has 1 amide bonds. The van der Waals surface area contributed by atoms with Crippen LogP contribution in [0.25, 0.3) is 10.6 Å². The van der Waals surface area contributed by atoms with Gasteiger partial charge in [-0.25, -0.2) is 4.39 Å². The van der Waals surface area contributed by atoms with E-state index in [1.165, 1.54) is 10.9 Å². The molecule has 146 valence electrons. The summed E-state index contributed by atoms with van der Waals surface area (Å²) < 4.78 is 13.8. The van der Waals surface area contributed by atoms with Gasteiger partial charge in [0.2, 0.25) is 0 Å². The molecule has 0 aliphatic carbocycles. The number of benzene rings is 1. The average molecular weight is 399 g/mol. The van der Waals surface area contributed by atoms with Gasteiger partial charge in [-0.2, -0.15) is 5.10 Å². The van der Waals surface area contributed by atoms with Gasteiger partial charge in [0.05, 0.1) is 10.6 Å². The molecule has 2 N–H and O–H groups in total. The zero-order valence-corrected chi connectivity index (χ0v) is 16.6. The second-order valence-corrected chi connectivity index (χ2v) is 8.56. The number of halogens is 1. The van der Waals surface area contributed by atoms with Crippen LogP contribution < -0.4 is 5.32 Å². The molecule has 1 aromatic carbocycles. The van der Waals surface area contributed by atoms with Gasteiger partial charge in [-0.1, -0.05) is 18.2 Å². The van der Waals surface area contributed by atoms with E-state index >= 15 is 0 Å². The molecular formula is C21H23FN4OS. The summed E-state index contributed by atoms with van der Waals surface area (Å²) in [7, 11) is 0. The van der Waals surface area contributed by atoms with Gasteiger partial charge >= 0.3 is 0 Å². The van der Waals surface area contributed by atoms with Gasteiger partial charge in [0.25, 0.3) is 5.91 Å². The minimum Gasteiger partial charge on any atom is -0.350 e. The normalized spacial score (nSPS) is 17.1. The Morgan fingerprint density at radius 1 is 1.36 bits per heavy atom. The number of carbonyl (C=O) groups excluding carboxylic acids is 1. The highest BCUT2D eigenvalue weighted by atomic mass is 32.1. The Hall–Kier alpha value is -2.51. The minimum absolute atomic E-state index is 0.158. The maximum Gasteiger partial charge on any atom is 0.271 e.